The fraction of sp³-hybridized carbons (Fsp3) is 0.353. The number of nitrogens with zero attached hydrogens (tertiary/aromatic N) is 4. The molecule has 1 aliphatic rings. The molecule has 1 saturated carbocycles. The SMILES string of the molecule is CN(C)c1ccc(C(=O)N(Cc2cccnc2)C2CC2)cn1. The number of hydrogen-bond acceptors (Lipinski definition) is 4. The minimum Gasteiger partial charge on any atom is -0.363 e. The van der Waals surface area contributed by atoms with Gasteiger partial charge in [0.05, 0.1) is 5.56 Å². The van der Waals surface area contributed by atoms with Crippen LogP contribution in [0.3, 0.4) is 0 Å². The topological polar surface area (TPSA) is 49.3 Å². The average Bonchev–Trinajstić information content (AvgIpc) is 3.38. The average molecular weight is 296 g/mol. The summed E-state index contributed by atoms with van der Waals surface area (Å²) in [5.74, 6) is 0.894. The van der Waals surface area contributed by atoms with Gasteiger partial charge in [-0.1, -0.05) is 6.07 Å². The first-order chi connectivity index (χ1) is 10.6. The van der Waals surface area contributed by atoms with Crippen LogP contribution in [0.1, 0.15) is 28.8 Å². The van der Waals surface area contributed by atoms with Crippen LogP contribution >= 0.6 is 0 Å². The standard InChI is InChI=1S/C17H20N4O/c1-20(2)16-8-5-14(11-19-16)17(22)21(15-6-7-15)12-13-4-3-9-18-10-13/h3-5,8-11,15H,6-7,12H2,1-2H3. The molecule has 1 aliphatic carbocycles. The van der Waals surface area contributed by atoms with Gasteiger partial charge in [0, 0.05) is 45.3 Å². The third-order valence-electron chi connectivity index (χ3n) is 3.78. The summed E-state index contributed by atoms with van der Waals surface area (Å²) in [5, 5.41) is 0. The maximum absolute atomic E-state index is 12.8. The van der Waals surface area contributed by atoms with E-state index in [4.69, 9.17) is 0 Å². The van der Waals surface area contributed by atoms with E-state index in [0.29, 0.717) is 18.2 Å². The van der Waals surface area contributed by atoms with Gasteiger partial charge in [-0.05, 0) is 36.6 Å². The Morgan fingerprint density at radius 1 is 1.23 bits per heavy atom. The molecule has 22 heavy (non-hydrogen) atoms. The Hall–Kier alpha value is -2.43. The lowest BCUT2D eigenvalue weighted by molar-refractivity contribution is 0.0729. The molecular formula is C17H20N4O. The summed E-state index contributed by atoms with van der Waals surface area (Å²) in [6.45, 7) is 0.604. The van der Waals surface area contributed by atoms with Crippen molar-refractivity contribution in [2.24, 2.45) is 0 Å². The fourth-order valence-electron chi connectivity index (χ4n) is 2.38. The first-order valence-corrected chi connectivity index (χ1v) is 7.48. The van der Waals surface area contributed by atoms with E-state index in [0.717, 1.165) is 24.2 Å². The number of pyridine rings is 2. The highest BCUT2D eigenvalue weighted by Crippen LogP contribution is 2.29. The van der Waals surface area contributed by atoms with Gasteiger partial charge in [0.15, 0.2) is 0 Å². The largest absolute Gasteiger partial charge is 0.363 e. The zero-order valence-corrected chi connectivity index (χ0v) is 12.9. The second-order valence-electron chi connectivity index (χ2n) is 5.83. The minimum absolute atomic E-state index is 0.0455. The molecular weight excluding hydrogens is 276 g/mol. The quantitative estimate of drug-likeness (QED) is 0.850. The number of carbonyl (C=O) groups is 1. The van der Waals surface area contributed by atoms with Crippen LogP contribution < -0.4 is 4.90 Å². The van der Waals surface area contributed by atoms with Crippen LogP contribution in [0.5, 0.6) is 0 Å². The number of hydrogen-bond donors (Lipinski definition) is 0. The molecule has 0 saturated heterocycles. The molecule has 0 aliphatic heterocycles. The highest BCUT2D eigenvalue weighted by Gasteiger charge is 2.33. The van der Waals surface area contributed by atoms with Crippen LogP contribution in [0.4, 0.5) is 5.82 Å². The van der Waals surface area contributed by atoms with Crippen molar-refractivity contribution in [2.75, 3.05) is 19.0 Å². The lowest BCUT2D eigenvalue weighted by Gasteiger charge is -2.22. The van der Waals surface area contributed by atoms with E-state index in [-0.39, 0.29) is 5.91 Å². The molecule has 5 heteroatoms. The monoisotopic (exact) mass is 296 g/mol. The number of anilines is 1. The molecule has 0 N–H and O–H groups in total. The number of carbonyl (C=O) groups excluding carboxylic acids is 1. The molecule has 1 amide bonds. The third kappa shape index (κ3) is 3.24. The molecule has 0 unspecified atom stereocenters. The molecule has 2 aromatic heterocycles. The predicted octanol–water partition coefficient (Wildman–Crippen LogP) is 2.35. The molecule has 3 rings (SSSR count). The molecule has 5 nitrogen and oxygen atoms in total. The van der Waals surface area contributed by atoms with E-state index in [2.05, 4.69) is 9.97 Å². The zero-order valence-electron chi connectivity index (χ0n) is 12.9. The highest BCUT2D eigenvalue weighted by molar-refractivity contribution is 5.94. The molecule has 2 aromatic rings. The summed E-state index contributed by atoms with van der Waals surface area (Å²) >= 11 is 0. The van der Waals surface area contributed by atoms with Gasteiger partial charge in [-0.3, -0.25) is 9.78 Å². The van der Waals surface area contributed by atoms with Crippen LogP contribution in [0.25, 0.3) is 0 Å². The van der Waals surface area contributed by atoms with Crippen molar-refractivity contribution < 1.29 is 4.79 Å². The van der Waals surface area contributed by atoms with Crippen molar-refractivity contribution in [3.05, 3.63) is 54.0 Å². The second kappa shape index (κ2) is 6.13. The van der Waals surface area contributed by atoms with Crippen molar-refractivity contribution in [1.82, 2.24) is 14.9 Å². The van der Waals surface area contributed by atoms with Gasteiger partial charge in [-0.25, -0.2) is 4.98 Å². The Morgan fingerprint density at radius 2 is 2.05 bits per heavy atom. The van der Waals surface area contributed by atoms with Gasteiger partial charge in [0.25, 0.3) is 5.91 Å². The molecule has 0 atom stereocenters. The Bertz CT molecular complexity index is 635. The van der Waals surface area contributed by atoms with Crippen molar-refractivity contribution in [1.29, 1.82) is 0 Å². The smallest absolute Gasteiger partial charge is 0.255 e. The number of aromatic nitrogens is 2. The van der Waals surface area contributed by atoms with Crippen LogP contribution in [-0.2, 0) is 6.54 Å². The predicted molar refractivity (Wildman–Crippen MR) is 85.7 cm³/mol. The zero-order chi connectivity index (χ0) is 15.5. The normalized spacial score (nSPS) is 13.7. The van der Waals surface area contributed by atoms with Crippen LogP contribution in [-0.4, -0.2) is 40.9 Å². The van der Waals surface area contributed by atoms with Gasteiger partial charge in [0.1, 0.15) is 5.82 Å². The van der Waals surface area contributed by atoms with Gasteiger partial charge in [-0.2, -0.15) is 0 Å². The Balaban J connectivity index is 1.78. The Morgan fingerprint density at radius 3 is 2.59 bits per heavy atom. The van der Waals surface area contributed by atoms with E-state index < -0.39 is 0 Å². The van der Waals surface area contributed by atoms with Crippen molar-refractivity contribution >= 4 is 11.7 Å². The molecule has 114 valence electrons. The molecule has 0 spiro atoms. The summed E-state index contributed by atoms with van der Waals surface area (Å²) in [6.07, 6.45) is 7.38. The van der Waals surface area contributed by atoms with E-state index in [1.54, 1.807) is 12.4 Å². The van der Waals surface area contributed by atoms with Crippen molar-refractivity contribution in [2.45, 2.75) is 25.4 Å². The summed E-state index contributed by atoms with van der Waals surface area (Å²) in [5.41, 5.74) is 1.70. The maximum Gasteiger partial charge on any atom is 0.255 e. The summed E-state index contributed by atoms with van der Waals surface area (Å²) in [7, 11) is 3.87. The highest BCUT2D eigenvalue weighted by atomic mass is 16.2. The first kappa shape index (κ1) is 14.5. The lowest BCUT2D eigenvalue weighted by Crippen LogP contribution is -2.32. The number of rotatable bonds is 5. The fourth-order valence-corrected chi connectivity index (χ4v) is 2.38. The summed E-state index contributed by atoms with van der Waals surface area (Å²) in [6, 6.07) is 7.98. The van der Waals surface area contributed by atoms with Gasteiger partial charge in [0.2, 0.25) is 0 Å². The maximum atomic E-state index is 12.8. The van der Waals surface area contributed by atoms with Gasteiger partial charge < -0.3 is 9.80 Å². The van der Waals surface area contributed by atoms with Gasteiger partial charge >= 0.3 is 0 Å². The minimum atomic E-state index is 0.0455. The van der Waals surface area contributed by atoms with Crippen LogP contribution in [0.15, 0.2) is 42.9 Å². The second-order valence-corrected chi connectivity index (χ2v) is 5.83. The van der Waals surface area contributed by atoms with Crippen molar-refractivity contribution in [3.8, 4) is 0 Å². The number of amides is 1. The van der Waals surface area contributed by atoms with E-state index in [9.17, 15) is 4.79 Å². The Kier molecular flexibility index (Phi) is 4.04. The summed E-state index contributed by atoms with van der Waals surface area (Å²) in [4.78, 5) is 25.1. The van der Waals surface area contributed by atoms with E-state index in [1.807, 2.05) is 54.4 Å². The Labute approximate surface area is 130 Å². The van der Waals surface area contributed by atoms with Crippen LogP contribution in [0, 0.1) is 0 Å². The van der Waals surface area contributed by atoms with E-state index in [1.165, 1.54) is 0 Å². The van der Waals surface area contributed by atoms with E-state index >= 15 is 0 Å². The van der Waals surface area contributed by atoms with Crippen LogP contribution in [0.2, 0.25) is 0 Å². The molecule has 0 aromatic carbocycles. The lowest BCUT2D eigenvalue weighted by atomic mass is 10.2. The third-order valence-corrected chi connectivity index (χ3v) is 3.78. The molecule has 0 bridgehead atoms. The molecule has 2 heterocycles. The first-order valence-electron chi connectivity index (χ1n) is 7.48. The van der Waals surface area contributed by atoms with Gasteiger partial charge in [-0.15, -0.1) is 0 Å². The molecule has 1 fully saturated rings. The summed E-state index contributed by atoms with van der Waals surface area (Å²) < 4.78 is 0. The molecule has 0 radical (unpaired) electrons. The van der Waals surface area contributed by atoms with Crippen molar-refractivity contribution in [3.63, 3.8) is 0 Å².